The lowest BCUT2D eigenvalue weighted by Crippen LogP contribution is -2.28. The van der Waals surface area contributed by atoms with Gasteiger partial charge >= 0.3 is 5.97 Å². The molecule has 0 heterocycles. The minimum atomic E-state index is -0.780. The molecule has 0 aromatic carbocycles. The lowest BCUT2D eigenvalue weighted by molar-refractivity contribution is -0.137. The highest BCUT2D eigenvalue weighted by atomic mass is 16.4. The second kappa shape index (κ2) is 9.45. The zero-order valence-corrected chi connectivity index (χ0v) is 9.21. The maximum absolute atomic E-state index is 11.1. The molecule has 0 aliphatic carbocycles. The van der Waals surface area contributed by atoms with Gasteiger partial charge in [-0.3, -0.25) is 9.59 Å². The molecule has 0 radical (unpaired) electrons. The number of aliphatic carboxylic acids is 1. The molecule has 1 amide bonds. The summed E-state index contributed by atoms with van der Waals surface area (Å²) in [6, 6.07) is 0. The summed E-state index contributed by atoms with van der Waals surface area (Å²) in [5, 5.41) is 14.2. The second-order valence-corrected chi connectivity index (χ2v) is 3.35. The van der Waals surface area contributed by atoms with Crippen LogP contribution in [0.3, 0.4) is 0 Å². The highest BCUT2D eigenvalue weighted by Gasteiger charge is 1.99. The van der Waals surface area contributed by atoms with Gasteiger partial charge in [0.05, 0.1) is 0 Å². The summed E-state index contributed by atoms with van der Waals surface area (Å²) in [7, 11) is 0. The molecule has 5 nitrogen and oxygen atoms in total. The third-order valence-electron chi connectivity index (χ3n) is 1.85. The Balaban J connectivity index is 3.16. The molecule has 0 aliphatic heterocycles. The zero-order chi connectivity index (χ0) is 11.5. The number of carboxylic acids is 1. The average molecular weight is 216 g/mol. The van der Waals surface area contributed by atoms with Crippen molar-refractivity contribution in [3.8, 4) is 0 Å². The molecule has 0 aromatic rings. The van der Waals surface area contributed by atoms with Gasteiger partial charge in [-0.2, -0.15) is 0 Å². The van der Waals surface area contributed by atoms with E-state index in [0.29, 0.717) is 25.9 Å². The summed E-state index contributed by atoms with van der Waals surface area (Å²) in [5.41, 5.74) is 0. The van der Waals surface area contributed by atoms with E-state index in [2.05, 4.69) is 10.6 Å². The van der Waals surface area contributed by atoms with Crippen LogP contribution in [-0.4, -0.2) is 36.6 Å². The molecule has 88 valence electrons. The Hall–Kier alpha value is -1.10. The smallest absolute Gasteiger partial charge is 0.303 e. The first-order valence-electron chi connectivity index (χ1n) is 5.36. The van der Waals surface area contributed by atoms with Gasteiger partial charge in [0.1, 0.15) is 0 Å². The summed E-state index contributed by atoms with van der Waals surface area (Å²) >= 11 is 0. The van der Waals surface area contributed by atoms with Gasteiger partial charge in [-0.1, -0.05) is 6.92 Å². The van der Waals surface area contributed by atoms with Crippen molar-refractivity contribution >= 4 is 11.9 Å². The number of carbonyl (C=O) groups is 2. The first-order valence-corrected chi connectivity index (χ1v) is 5.36. The molecule has 0 aliphatic rings. The number of rotatable bonds is 9. The van der Waals surface area contributed by atoms with Crippen LogP contribution in [0.15, 0.2) is 0 Å². The fourth-order valence-electron chi connectivity index (χ4n) is 1.04. The molecule has 0 aromatic heterocycles. The first-order chi connectivity index (χ1) is 7.16. The average Bonchev–Trinajstić information content (AvgIpc) is 2.19. The van der Waals surface area contributed by atoms with Gasteiger partial charge in [0.2, 0.25) is 5.91 Å². The lowest BCUT2D eigenvalue weighted by Gasteiger charge is -2.04. The topological polar surface area (TPSA) is 78.4 Å². The Labute approximate surface area is 90.2 Å². The van der Waals surface area contributed by atoms with Crippen molar-refractivity contribution in [2.75, 3.05) is 19.6 Å². The fourth-order valence-corrected chi connectivity index (χ4v) is 1.04. The molecule has 3 N–H and O–H groups in total. The Bertz CT molecular complexity index is 195. The van der Waals surface area contributed by atoms with Gasteiger partial charge in [0.25, 0.3) is 0 Å². The van der Waals surface area contributed by atoms with Crippen LogP contribution < -0.4 is 10.6 Å². The van der Waals surface area contributed by atoms with Gasteiger partial charge in [-0.25, -0.2) is 0 Å². The Kier molecular flexibility index (Phi) is 8.76. The standard InChI is InChI=1S/C10H20N2O3/c1-2-6-12-9(13)5-8-11-7-3-4-10(14)15/h11H,2-8H2,1H3,(H,12,13)(H,14,15). The first kappa shape index (κ1) is 13.9. The minimum Gasteiger partial charge on any atom is -0.481 e. The van der Waals surface area contributed by atoms with Crippen LogP contribution >= 0.6 is 0 Å². The molecule has 0 rings (SSSR count). The van der Waals surface area contributed by atoms with Gasteiger partial charge in [0.15, 0.2) is 0 Å². The zero-order valence-electron chi connectivity index (χ0n) is 9.21. The summed E-state index contributed by atoms with van der Waals surface area (Å²) in [4.78, 5) is 21.3. The molecular weight excluding hydrogens is 196 g/mol. The normalized spacial score (nSPS) is 9.93. The monoisotopic (exact) mass is 216 g/mol. The predicted octanol–water partition coefficient (Wildman–Crippen LogP) is 0.357. The van der Waals surface area contributed by atoms with Crippen LogP contribution in [0.25, 0.3) is 0 Å². The van der Waals surface area contributed by atoms with E-state index in [0.717, 1.165) is 13.0 Å². The molecule has 15 heavy (non-hydrogen) atoms. The van der Waals surface area contributed by atoms with Crippen molar-refractivity contribution in [1.29, 1.82) is 0 Å². The van der Waals surface area contributed by atoms with Gasteiger partial charge in [-0.05, 0) is 19.4 Å². The summed E-state index contributed by atoms with van der Waals surface area (Å²) in [5.74, 6) is -0.736. The van der Waals surface area contributed by atoms with E-state index in [9.17, 15) is 9.59 Å². The van der Waals surface area contributed by atoms with Gasteiger partial charge in [-0.15, -0.1) is 0 Å². The molecule has 0 spiro atoms. The van der Waals surface area contributed by atoms with E-state index in [4.69, 9.17) is 5.11 Å². The molecule has 0 unspecified atom stereocenters. The molecule has 0 bridgehead atoms. The van der Waals surface area contributed by atoms with Crippen LogP contribution in [0.2, 0.25) is 0 Å². The number of carbonyl (C=O) groups excluding carboxylic acids is 1. The fraction of sp³-hybridized carbons (Fsp3) is 0.800. The van der Waals surface area contributed by atoms with Crippen LogP contribution in [0.4, 0.5) is 0 Å². The Morgan fingerprint density at radius 3 is 2.47 bits per heavy atom. The van der Waals surface area contributed by atoms with Crippen molar-refractivity contribution in [2.24, 2.45) is 0 Å². The van der Waals surface area contributed by atoms with E-state index in [1.54, 1.807) is 0 Å². The van der Waals surface area contributed by atoms with Crippen LogP contribution in [-0.2, 0) is 9.59 Å². The minimum absolute atomic E-state index is 0.0441. The predicted molar refractivity (Wildman–Crippen MR) is 57.7 cm³/mol. The Morgan fingerprint density at radius 2 is 1.87 bits per heavy atom. The van der Waals surface area contributed by atoms with Crippen LogP contribution in [0.5, 0.6) is 0 Å². The number of nitrogens with one attached hydrogen (secondary N) is 2. The Morgan fingerprint density at radius 1 is 1.13 bits per heavy atom. The van der Waals surface area contributed by atoms with Crippen molar-refractivity contribution in [2.45, 2.75) is 32.6 Å². The van der Waals surface area contributed by atoms with E-state index >= 15 is 0 Å². The highest BCUT2D eigenvalue weighted by Crippen LogP contribution is 1.86. The van der Waals surface area contributed by atoms with Crippen molar-refractivity contribution < 1.29 is 14.7 Å². The van der Waals surface area contributed by atoms with Crippen molar-refractivity contribution in [3.05, 3.63) is 0 Å². The van der Waals surface area contributed by atoms with Crippen LogP contribution in [0.1, 0.15) is 32.6 Å². The number of carboxylic acid groups (broad SMARTS) is 1. The third-order valence-corrected chi connectivity index (χ3v) is 1.85. The highest BCUT2D eigenvalue weighted by molar-refractivity contribution is 5.75. The van der Waals surface area contributed by atoms with Crippen LogP contribution in [0, 0.1) is 0 Å². The maximum atomic E-state index is 11.1. The molecule has 0 saturated heterocycles. The second-order valence-electron chi connectivity index (χ2n) is 3.35. The largest absolute Gasteiger partial charge is 0.481 e. The molecule has 0 saturated carbocycles. The van der Waals surface area contributed by atoms with Crippen molar-refractivity contribution in [1.82, 2.24) is 10.6 Å². The number of amides is 1. The summed E-state index contributed by atoms with van der Waals surface area (Å²) in [6.45, 7) is 3.98. The molecule has 5 heteroatoms. The number of hydrogen-bond donors (Lipinski definition) is 3. The molecular formula is C10H20N2O3. The van der Waals surface area contributed by atoms with Gasteiger partial charge in [0, 0.05) is 25.9 Å². The third kappa shape index (κ3) is 10.8. The summed E-state index contributed by atoms with van der Waals surface area (Å²) < 4.78 is 0. The lowest BCUT2D eigenvalue weighted by atomic mass is 10.3. The SMILES string of the molecule is CCCNC(=O)CCNCCCC(=O)O. The quantitative estimate of drug-likeness (QED) is 0.486. The van der Waals surface area contributed by atoms with E-state index < -0.39 is 5.97 Å². The van der Waals surface area contributed by atoms with E-state index in [1.165, 1.54) is 0 Å². The van der Waals surface area contributed by atoms with E-state index in [-0.39, 0.29) is 12.3 Å². The number of hydrogen-bond acceptors (Lipinski definition) is 3. The van der Waals surface area contributed by atoms with E-state index in [1.807, 2.05) is 6.92 Å². The van der Waals surface area contributed by atoms with Gasteiger partial charge < -0.3 is 15.7 Å². The summed E-state index contributed by atoms with van der Waals surface area (Å²) in [6.07, 6.45) is 2.17. The molecule has 0 fully saturated rings. The molecule has 0 atom stereocenters. The maximum Gasteiger partial charge on any atom is 0.303 e. The van der Waals surface area contributed by atoms with Crippen molar-refractivity contribution in [3.63, 3.8) is 0 Å².